The van der Waals surface area contributed by atoms with E-state index in [1.807, 2.05) is 36.4 Å². The molecule has 0 fully saturated rings. The predicted molar refractivity (Wildman–Crippen MR) is 91.1 cm³/mol. The molecule has 0 unspecified atom stereocenters. The molecule has 3 nitrogen and oxygen atoms in total. The number of thiophene rings is 1. The minimum Gasteiger partial charge on any atom is -0.351 e. The summed E-state index contributed by atoms with van der Waals surface area (Å²) in [7, 11) is 1.80. The summed E-state index contributed by atoms with van der Waals surface area (Å²) in [6.07, 6.45) is 0. The lowest BCUT2D eigenvalue weighted by Crippen LogP contribution is -2.26. The molecule has 21 heavy (non-hydrogen) atoms. The van der Waals surface area contributed by atoms with E-state index in [2.05, 4.69) is 20.9 Å². The molecule has 3 rings (SSSR count). The van der Waals surface area contributed by atoms with Crippen LogP contribution in [0.2, 0.25) is 5.02 Å². The smallest absolute Gasteiger partial charge is 0.270 e. The van der Waals surface area contributed by atoms with Crippen molar-refractivity contribution in [2.45, 2.75) is 6.54 Å². The number of hydrogen-bond donors (Lipinski definition) is 1. The summed E-state index contributed by atoms with van der Waals surface area (Å²) in [5.41, 5.74) is 1.49. The predicted octanol–water partition coefficient (Wildman–Crippen LogP) is 4.92. The SMILES string of the molecule is CN(Cc1ccc(Br)s1)C(=O)c1cc2cc(Cl)ccc2[nH]1. The van der Waals surface area contributed by atoms with E-state index in [9.17, 15) is 4.79 Å². The van der Waals surface area contributed by atoms with E-state index in [0.29, 0.717) is 17.3 Å². The van der Waals surface area contributed by atoms with Crippen LogP contribution in [0.5, 0.6) is 0 Å². The molecule has 108 valence electrons. The fraction of sp³-hybridized carbons (Fsp3) is 0.133. The Bertz CT molecular complexity index is 811. The lowest BCUT2D eigenvalue weighted by molar-refractivity contribution is 0.0781. The lowest BCUT2D eigenvalue weighted by atomic mass is 10.2. The second-order valence-corrected chi connectivity index (χ2v) is 7.77. The zero-order chi connectivity index (χ0) is 15.0. The van der Waals surface area contributed by atoms with Crippen molar-refractivity contribution < 1.29 is 4.79 Å². The van der Waals surface area contributed by atoms with Gasteiger partial charge in [-0.15, -0.1) is 11.3 Å². The largest absolute Gasteiger partial charge is 0.351 e. The average molecular weight is 384 g/mol. The zero-order valence-corrected chi connectivity index (χ0v) is 14.3. The summed E-state index contributed by atoms with van der Waals surface area (Å²) in [5.74, 6) is -0.0353. The molecule has 2 heterocycles. The number of benzene rings is 1. The van der Waals surface area contributed by atoms with Crippen molar-refractivity contribution in [3.05, 3.63) is 55.8 Å². The number of hydrogen-bond acceptors (Lipinski definition) is 2. The van der Waals surface area contributed by atoms with Crippen LogP contribution in [0.4, 0.5) is 0 Å². The van der Waals surface area contributed by atoms with E-state index < -0.39 is 0 Å². The molecule has 0 saturated heterocycles. The van der Waals surface area contributed by atoms with E-state index in [1.165, 1.54) is 0 Å². The highest BCUT2D eigenvalue weighted by molar-refractivity contribution is 9.11. The Balaban J connectivity index is 1.82. The van der Waals surface area contributed by atoms with Crippen molar-refractivity contribution in [2.24, 2.45) is 0 Å². The van der Waals surface area contributed by atoms with Crippen molar-refractivity contribution in [3.63, 3.8) is 0 Å². The van der Waals surface area contributed by atoms with Gasteiger partial charge in [0.25, 0.3) is 5.91 Å². The quantitative estimate of drug-likeness (QED) is 0.685. The normalized spacial score (nSPS) is 11.0. The van der Waals surface area contributed by atoms with E-state index in [0.717, 1.165) is 19.6 Å². The number of nitrogens with zero attached hydrogens (tertiary/aromatic N) is 1. The number of aromatic amines is 1. The fourth-order valence-corrected chi connectivity index (χ4v) is 3.88. The van der Waals surface area contributed by atoms with Crippen molar-refractivity contribution >= 4 is 55.7 Å². The number of rotatable bonds is 3. The molecular weight excluding hydrogens is 372 g/mol. The molecule has 0 atom stereocenters. The molecule has 1 amide bonds. The Morgan fingerprint density at radius 1 is 1.33 bits per heavy atom. The van der Waals surface area contributed by atoms with Crippen LogP contribution >= 0.6 is 38.9 Å². The van der Waals surface area contributed by atoms with Crippen LogP contribution in [0.3, 0.4) is 0 Å². The zero-order valence-electron chi connectivity index (χ0n) is 11.2. The van der Waals surface area contributed by atoms with Gasteiger partial charge in [-0.3, -0.25) is 4.79 Å². The maximum Gasteiger partial charge on any atom is 0.270 e. The van der Waals surface area contributed by atoms with Crippen molar-refractivity contribution in [2.75, 3.05) is 7.05 Å². The summed E-state index contributed by atoms with van der Waals surface area (Å²) < 4.78 is 1.07. The molecule has 0 aliphatic heterocycles. The molecule has 1 N–H and O–H groups in total. The Morgan fingerprint density at radius 2 is 2.14 bits per heavy atom. The van der Waals surface area contributed by atoms with Crippen LogP contribution < -0.4 is 0 Å². The van der Waals surface area contributed by atoms with Gasteiger partial charge in [0.15, 0.2) is 0 Å². The van der Waals surface area contributed by atoms with Crippen molar-refractivity contribution in [3.8, 4) is 0 Å². The van der Waals surface area contributed by atoms with Crippen LogP contribution in [0.15, 0.2) is 40.2 Å². The lowest BCUT2D eigenvalue weighted by Gasteiger charge is -2.15. The average Bonchev–Trinajstić information content (AvgIpc) is 3.03. The molecule has 0 radical (unpaired) electrons. The molecule has 0 bridgehead atoms. The highest BCUT2D eigenvalue weighted by atomic mass is 79.9. The number of amides is 1. The minimum atomic E-state index is -0.0353. The fourth-order valence-electron chi connectivity index (χ4n) is 2.17. The second-order valence-electron chi connectivity index (χ2n) is 4.78. The number of H-pyrrole nitrogens is 1. The van der Waals surface area contributed by atoms with Gasteiger partial charge in [-0.05, 0) is 52.3 Å². The van der Waals surface area contributed by atoms with Gasteiger partial charge in [-0.1, -0.05) is 11.6 Å². The summed E-state index contributed by atoms with van der Waals surface area (Å²) in [5, 5.41) is 1.61. The monoisotopic (exact) mass is 382 g/mol. The molecule has 3 aromatic rings. The van der Waals surface area contributed by atoms with Crippen LogP contribution in [0.1, 0.15) is 15.4 Å². The van der Waals surface area contributed by atoms with Crippen molar-refractivity contribution in [1.29, 1.82) is 0 Å². The molecular formula is C15H12BrClN2OS. The molecule has 1 aromatic carbocycles. The third-order valence-electron chi connectivity index (χ3n) is 3.18. The summed E-state index contributed by atoms with van der Waals surface area (Å²) in [6, 6.07) is 11.4. The first-order valence-corrected chi connectivity index (χ1v) is 8.29. The summed E-state index contributed by atoms with van der Waals surface area (Å²) in [6.45, 7) is 0.589. The van der Waals surface area contributed by atoms with Crippen LogP contribution in [0, 0.1) is 0 Å². The van der Waals surface area contributed by atoms with E-state index >= 15 is 0 Å². The first-order chi connectivity index (χ1) is 10.0. The highest BCUT2D eigenvalue weighted by Gasteiger charge is 2.15. The van der Waals surface area contributed by atoms with Gasteiger partial charge in [-0.25, -0.2) is 0 Å². The van der Waals surface area contributed by atoms with Crippen LogP contribution in [0.25, 0.3) is 10.9 Å². The van der Waals surface area contributed by atoms with Gasteiger partial charge in [0, 0.05) is 27.9 Å². The summed E-state index contributed by atoms with van der Waals surface area (Å²) in [4.78, 5) is 18.4. The Kier molecular flexibility index (Phi) is 4.06. The van der Waals surface area contributed by atoms with Gasteiger partial charge in [-0.2, -0.15) is 0 Å². The molecule has 2 aromatic heterocycles. The number of fused-ring (bicyclic) bond motifs is 1. The topological polar surface area (TPSA) is 36.1 Å². The number of nitrogens with one attached hydrogen (secondary N) is 1. The van der Waals surface area contributed by atoms with Gasteiger partial charge in [0.1, 0.15) is 5.69 Å². The van der Waals surface area contributed by atoms with Gasteiger partial charge < -0.3 is 9.88 Å². The number of aromatic nitrogens is 1. The second kappa shape index (κ2) is 5.83. The molecule has 0 aliphatic rings. The highest BCUT2D eigenvalue weighted by Crippen LogP contribution is 2.24. The Labute approximate surface area is 139 Å². The maximum absolute atomic E-state index is 12.5. The first kappa shape index (κ1) is 14.6. The molecule has 0 aliphatic carbocycles. The molecule has 0 spiro atoms. The standard InChI is InChI=1S/C15H12BrClN2OS/c1-19(8-11-3-5-14(16)21-11)15(20)13-7-9-6-10(17)2-4-12(9)18-13/h2-7,18H,8H2,1H3. The number of halogens is 2. The Morgan fingerprint density at radius 3 is 2.86 bits per heavy atom. The maximum atomic E-state index is 12.5. The van der Waals surface area contributed by atoms with Crippen LogP contribution in [-0.4, -0.2) is 22.8 Å². The third-order valence-corrected chi connectivity index (χ3v) is 5.03. The van der Waals surface area contributed by atoms with Gasteiger partial charge in [0.2, 0.25) is 0 Å². The van der Waals surface area contributed by atoms with E-state index in [-0.39, 0.29) is 5.91 Å². The van der Waals surface area contributed by atoms with Gasteiger partial charge in [0.05, 0.1) is 10.3 Å². The van der Waals surface area contributed by atoms with Crippen LogP contribution in [-0.2, 0) is 6.54 Å². The number of carbonyl (C=O) groups excluding carboxylic acids is 1. The third kappa shape index (κ3) is 3.15. The minimum absolute atomic E-state index is 0.0353. The van der Waals surface area contributed by atoms with Gasteiger partial charge >= 0.3 is 0 Å². The molecule has 0 saturated carbocycles. The van der Waals surface area contributed by atoms with Crippen molar-refractivity contribution in [1.82, 2.24) is 9.88 Å². The first-order valence-electron chi connectivity index (χ1n) is 6.31. The summed E-state index contributed by atoms with van der Waals surface area (Å²) >= 11 is 11.0. The number of carbonyl (C=O) groups is 1. The molecule has 6 heteroatoms. The Hall–Kier alpha value is -1.30. The van der Waals surface area contributed by atoms with E-state index in [4.69, 9.17) is 11.6 Å². The van der Waals surface area contributed by atoms with E-state index in [1.54, 1.807) is 23.3 Å².